The van der Waals surface area contributed by atoms with E-state index in [4.69, 9.17) is 9.84 Å². The van der Waals surface area contributed by atoms with Crippen LogP contribution in [0.15, 0.2) is 28.7 Å². The summed E-state index contributed by atoms with van der Waals surface area (Å²) < 4.78 is 6.33. The van der Waals surface area contributed by atoms with E-state index >= 15 is 0 Å². The summed E-state index contributed by atoms with van der Waals surface area (Å²) in [6.45, 7) is 2.92. The number of carbonyl (C=O) groups excluding carboxylic acids is 1. The molecule has 1 unspecified atom stereocenters. The maximum Gasteiger partial charge on any atom is 0.410 e. The average Bonchev–Trinajstić information content (AvgIpc) is 2.57. The van der Waals surface area contributed by atoms with Gasteiger partial charge in [-0.05, 0) is 24.6 Å². The number of cyclic esters (lactones) is 1. The molecular weight excluding hydrogens is 298 g/mol. The van der Waals surface area contributed by atoms with E-state index in [9.17, 15) is 4.79 Å². The molecule has 0 spiro atoms. The second-order valence-corrected chi connectivity index (χ2v) is 5.69. The number of amides is 1. The predicted molar refractivity (Wildman–Crippen MR) is 71.1 cm³/mol. The quantitative estimate of drug-likeness (QED) is 0.929. The standard InChI is InChI=1S/C13H16BrNO3/c1-13(6-7-16)9-15(12(17)18-13)8-10-2-4-11(14)5-3-10/h2-5,16H,6-9H2,1H3. The Morgan fingerprint density at radius 1 is 1.44 bits per heavy atom. The lowest BCUT2D eigenvalue weighted by Gasteiger charge is -2.20. The molecule has 0 radical (unpaired) electrons. The third-order valence-electron chi connectivity index (χ3n) is 3.04. The van der Waals surface area contributed by atoms with Gasteiger partial charge in [0.2, 0.25) is 0 Å². The van der Waals surface area contributed by atoms with Crippen molar-refractivity contribution in [2.24, 2.45) is 0 Å². The van der Waals surface area contributed by atoms with Crippen molar-refractivity contribution < 1.29 is 14.6 Å². The van der Waals surface area contributed by atoms with Crippen LogP contribution < -0.4 is 0 Å². The van der Waals surface area contributed by atoms with Crippen molar-refractivity contribution in [3.63, 3.8) is 0 Å². The Balaban J connectivity index is 2.02. The van der Waals surface area contributed by atoms with Gasteiger partial charge >= 0.3 is 6.09 Å². The Morgan fingerprint density at radius 2 is 2.11 bits per heavy atom. The summed E-state index contributed by atoms with van der Waals surface area (Å²) in [5.74, 6) is 0. The van der Waals surface area contributed by atoms with Gasteiger partial charge in [0.05, 0.1) is 6.54 Å². The molecule has 2 rings (SSSR count). The third kappa shape index (κ3) is 3.03. The van der Waals surface area contributed by atoms with E-state index < -0.39 is 5.60 Å². The highest BCUT2D eigenvalue weighted by Gasteiger charge is 2.40. The monoisotopic (exact) mass is 313 g/mol. The van der Waals surface area contributed by atoms with Crippen LogP contribution in [0.25, 0.3) is 0 Å². The van der Waals surface area contributed by atoms with E-state index in [2.05, 4.69) is 15.9 Å². The molecule has 1 fully saturated rings. The Kier molecular flexibility index (Phi) is 3.92. The molecule has 0 bridgehead atoms. The highest BCUT2D eigenvalue weighted by Crippen LogP contribution is 2.27. The lowest BCUT2D eigenvalue weighted by atomic mass is 10.0. The molecule has 1 heterocycles. The summed E-state index contributed by atoms with van der Waals surface area (Å²) in [7, 11) is 0. The largest absolute Gasteiger partial charge is 0.441 e. The minimum Gasteiger partial charge on any atom is -0.441 e. The molecule has 1 N–H and O–H groups in total. The van der Waals surface area contributed by atoms with Crippen LogP contribution in [0.1, 0.15) is 18.9 Å². The lowest BCUT2D eigenvalue weighted by molar-refractivity contribution is 0.0502. The first-order chi connectivity index (χ1) is 8.52. The van der Waals surface area contributed by atoms with E-state index in [1.165, 1.54) is 0 Å². The third-order valence-corrected chi connectivity index (χ3v) is 3.57. The molecule has 1 atom stereocenters. The van der Waals surface area contributed by atoms with Crippen LogP contribution >= 0.6 is 15.9 Å². The number of rotatable bonds is 4. The Hall–Kier alpha value is -1.07. The van der Waals surface area contributed by atoms with Gasteiger partial charge in [-0.1, -0.05) is 28.1 Å². The normalized spacial score (nSPS) is 23.3. The van der Waals surface area contributed by atoms with Crippen molar-refractivity contribution in [3.05, 3.63) is 34.3 Å². The molecule has 0 aliphatic carbocycles. The first-order valence-electron chi connectivity index (χ1n) is 5.86. The minimum absolute atomic E-state index is 0.0237. The van der Waals surface area contributed by atoms with Gasteiger partial charge in [0.1, 0.15) is 5.60 Å². The van der Waals surface area contributed by atoms with E-state index in [1.54, 1.807) is 4.90 Å². The Labute approximate surface area is 115 Å². The fourth-order valence-electron chi connectivity index (χ4n) is 2.07. The Bertz CT molecular complexity index is 434. The minimum atomic E-state index is -0.568. The van der Waals surface area contributed by atoms with Gasteiger partial charge in [0.25, 0.3) is 0 Å². The average molecular weight is 314 g/mol. The number of nitrogens with zero attached hydrogens (tertiary/aromatic N) is 1. The van der Waals surface area contributed by atoms with Gasteiger partial charge < -0.3 is 9.84 Å². The zero-order chi connectivity index (χ0) is 13.2. The number of halogens is 1. The molecule has 18 heavy (non-hydrogen) atoms. The second kappa shape index (κ2) is 5.28. The molecule has 0 saturated carbocycles. The molecule has 5 heteroatoms. The van der Waals surface area contributed by atoms with Gasteiger partial charge in [0, 0.05) is 24.0 Å². The van der Waals surface area contributed by atoms with E-state index in [1.807, 2.05) is 31.2 Å². The van der Waals surface area contributed by atoms with E-state index in [0.29, 0.717) is 19.5 Å². The lowest BCUT2D eigenvalue weighted by Crippen LogP contribution is -2.32. The number of aliphatic hydroxyl groups excluding tert-OH is 1. The molecule has 0 aromatic heterocycles. The molecular formula is C13H16BrNO3. The first-order valence-corrected chi connectivity index (χ1v) is 6.65. The van der Waals surface area contributed by atoms with Crippen LogP contribution in [-0.2, 0) is 11.3 Å². The van der Waals surface area contributed by atoms with Crippen LogP contribution in [0, 0.1) is 0 Å². The molecule has 98 valence electrons. The number of ether oxygens (including phenoxy) is 1. The van der Waals surface area contributed by atoms with Crippen LogP contribution in [-0.4, -0.2) is 34.9 Å². The molecule has 1 aliphatic rings. The maximum absolute atomic E-state index is 11.7. The summed E-state index contributed by atoms with van der Waals surface area (Å²) in [5, 5.41) is 8.97. The van der Waals surface area contributed by atoms with Crippen molar-refractivity contribution in [3.8, 4) is 0 Å². The van der Waals surface area contributed by atoms with Crippen molar-refractivity contribution in [1.29, 1.82) is 0 Å². The second-order valence-electron chi connectivity index (χ2n) is 4.77. The fraction of sp³-hybridized carbons (Fsp3) is 0.462. The zero-order valence-electron chi connectivity index (χ0n) is 10.2. The van der Waals surface area contributed by atoms with Gasteiger partial charge in [-0.15, -0.1) is 0 Å². The van der Waals surface area contributed by atoms with Crippen LogP contribution in [0.3, 0.4) is 0 Å². The SMILES string of the molecule is CC1(CCO)CN(Cc2ccc(Br)cc2)C(=O)O1. The summed E-state index contributed by atoms with van der Waals surface area (Å²) in [6, 6.07) is 7.84. The Morgan fingerprint density at radius 3 is 2.72 bits per heavy atom. The van der Waals surface area contributed by atoms with Crippen LogP contribution in [0.5, 0.6) is 0 Å². The molecule has 1 aromatic carbocycles. The highest BCUT2D eigenvalue weighted by molar-refractivity contribution is 9.10. The fourth-order valence-corrected chi connectivity index (χ4v) is 2.34. The number of aliphatic hydroxyl groups is 1. The molecule has 1 amide bonds. The summed E-state index contributed by atoms with van der Waals surface area (Å²) >= 11 is 3.38. The summed E-state index contributed by atoms with van der Waals surface area (Å²) in [4.78, 5) is 13.4. The number of benzene rings is 1. The molecule has 1 saturated heterocycles. The van der Waals surface area contributed by atoms with Crippen molar-refractivity contribution in [2.75, 3.05) is 13.2 Å². The van der Waals surface area contributed by atoms with Crippen molar-refractivity contribution >= 4 is 22.0 Å². The highest BCUT2D eigenvalue weighted by atomic mass is 79.9. The van der Waals surface area contributed by atoms with Gasteiger partial charge in [0.15, 0.2) is 0 Å². The predicted octanol–water partition coefficient (Wildman–Crippen LogP) is 2.54. The topological polar surface area (TPSA) is 49.8 Å². The molecule has 4 nitrogen and oxygen atoms in total. The number of hydrogen-bond acceptors (Lipinski definition) is 3. The number of carbonyl (C=O) groups is 1. The van der Waals surface area contributed by atoms with Gasteiger partial charge in [-0.25, -0.2) is 4.79 Å². The molecule has 1 aromatic rings. The van der Waals surface area contributed by atoms with Crippen LogP contribution in [0.4, 0.5) is 4.79 Å². The first kappa shape index (κ1) is 13.4. The van der Waals surface area contributed by atoms with Crippen molar-refractivity contribution in [2.45, 2.75) is 25.5 Å². The summed E-state index contributed by atoms with van der Waals surface area (Å²) in [6.07, 6.45) is 0.157. The summed E-state index contributed by atoms with van der Waals surface area (Å²) in [5.41, 5.74) is 0.490. The molecule has 1 aliphatic heterocycles. The number of hydrogen-bond donors (Lipinski definition) is 1. The van der Waals surface area contributed by atoms with Crippen molar-refractivity contribution in [1.82, 2.24) is 4.90 Å². The van der Waals surface area contributed by atoms with Gasteiger partial charge in [-0.3, -0.25) is 4.90 Å². The van der Waals surface area contributed by atoms with Crippen LogP contribution in [0.2, 0.25) is 0 Å². The smallest absolute Gasteiger partial charge is 0.410 e. The van der Waals surface area contributed by atoms with E-state index in [0.717, 1.165) is 10.0 Å². The maximum atomic E-state index is 11.7. The van der Waals surface area contributed by atoms with Gasteiger partial charge in [-0.2, -0.15) is 0 Å². The van der Waals surface area contributed by atoms with E-state index in [-0.39, 0.29) is 12.7 Å². The zero-order valence-corrected chi connectivity index (χ0v) is 11.8.